The van der Waals surface area contributed by atoms with Crippen molar-refractivity contribution in [1.29, 1.82) is 5.26 Å². The molecule has 0 aliphatic heterocycles. The van der Waals surface area contributed by atoms with Crippen molar-refractivity contribution >= 4 is 11.8 Å². The molecule has 0 fully saturated rings. The maximum absolute atomic E-state index is 8.90. The first-order valence-electron chi connectivity index (χ1n) is 8.94. The minimum absolute atomic E-state index is 0.271. The van der Waals surface area contributed by atoms with E-state index in [0.29, 0.717) is 16.8 Å². The first-order valence-corrected chi connectivity index (χ1v) is 9.76. The van der Waals surface area contributed by atoms with Crippen molar-refractivity contribution in [2.45, 2.75) is 17.1 Å². The molecule has 0 aliphatic carbocycles. The van der Waals surface area contributed by atoms with Crippen molar-refractivity contribution in [2.24, 2.45) is 0 Å². The molecule has 0 amide bonds. The molecule has 4 rings (SSSR count). The second-order valence-electron chi connectivity index (χ2n) is 5.91. The third-order valence-electron chi connectivity index (χ3n) is 4.02. The Labute approximate surface area is 172 Å². The fraction of sp³-hybridized carbons (Fsp3) is 0.0952. The average molecular weight is 400 g/mol. The molecule has 2 heterocycles. The van der Waals surface area contributed by atoms with Crippen LogP contribution in [0.3, 0.4) is 0 Å². The van der Waals surface area contributed by atoms with E-state index in [9.17, 15) is 0 Å². The molecule has 0 bridgehead atoms. The molecule has 0 atom stereocenters. The molecule has 7 nitrogen and oxygen atoms in total. The highest BCUT2D eigenvalue weighted by molar-refractivity contribution is 7.99. The Kier molecular flexibility index (Phi) is 5.49. The second-order valence-corrected chi connectivity index (χ2v) is 6.89. The predicted octanol–water partition coefficient (Wildman–Crippen LogP) is 4.15. The summed E-state index contributed by atoms with van der Waals surface area (Å²) >= 11 is 1.33. The molecule has 0 saturated heterocycles. The average Bonchev–Trinajstić information content (AvgIpc) is 3.19. The van der Waals surface area contributed by atoms with Gasteiger partial charge in [-0.15, -0.1) is 20.4 Å². The summed E-state index contributed by atoms with van der Waals surface area (Å²) in [7, 11) is 0. The van der Waals surface area contributed by atoms with E-state index in [0.717, 1.165) is 22.8 Å². The SMILES string of the molecule is CCOc1ccc(-n2c(Sc3ccc(C#N)nn3)nnc2-c2ccccc2)cc1. The van der Waals surface area contributed by atoms with Crippen molar-refractivity contribution in [2.75, 3.05) is 6.61 Å². The fourth-order valence-electron chi connectivity index (χ4n) is 2.73. The summed E-state index contributed by atoms with van der Waals surface area (Å²) < 4.78 is 7.52. The molecule has 0 aliphatic rings. The van der Waals surface area contributed by atoms with E-state index >= 15 is 0 Å². The fourth-order valence-corrected chi connectivity index (χ4v) is 3.50. The lowest BCUT2D eigenvalue weighted by molar-refractivity contribution is 0.340. The highest BCUT2D eigenvalue weighted by Crippen LogP contribution is 2.31. The van der Waals surface area contributed by atoms with Crippen molar-refractivity contribution in [1.82, 2.24) is 25.0 Å². The Morgan fingerprint density at radius 1 is 0.931 bits per heavy atom. The van der Waals surface area contributed by atoms with Gasteiger partial charge in [0.1, 0.15) is 16.8 Å². The van der Waals surface area contributed by atoms with E-state index in [2.05, 4.69) is 20.4 Å². The van der Waals surface area contributed by atoms with Gasteiger partial charge in [-0.05, 0) is 55.1 Å². The topological polar surface area (TPSA) is 89.5 Å². The molecule has 0 radical (unpaired) electrons. The van der Waals surface area contributed by atoms with E-state index in [1.165, 1.54) is 11.8 Å². The zero-order chi connectivity index (χ0) is 20.1. The monoisotopic (exact) mass is 400 g/mol. The molecule has 0 N–H and O–H groups in total. The van der Waals surface area contributed by atoms with E-state index in [1.807, 2.05) is 72.2 Å². The van der Waals surface area contributed by atoms with Gasteiger partial charge < -0.3 is 4.74 Å². The molecule has 142 valence electrons. The first kappa shape index (κ1) is 18.7. The number of benzene rings is 2. The number of rotatable bonds is 6. The highest BCUT2D eigenvalue weighted by Gasteiger charge is 2.17. The highest BCUT2D eigenvalue weighted by atomic mass is 32.2. The Morgan fingerprint density at radius 3 is 2.38 bits per heavy atom. The van der Waals surface area contributed by atoms with Gasteiger partial charge in [0.05, 0.1) is 12.3 Å². The van der Waals surface area contributed by atoms with Gasteiger partial charge >= 0.3 is 0 Å². The van der Waals surface area contributed by atoms with Crippen LogP contribution in [0.5, 0.6) is 5.75 Å². The summed E-state index contributed by atoms with van der Waals surface area (Å²) in [6.45, 7) is 2.56. The summed E-state index contributed by atoms with van der Waals surface area (Å²) in [5, 5.41) is 26.9. The zero-order valence-corrected chi connectivity index (χ0v) is 16.4. The van der Waals surface area contributed by atoms with Gasteiger partial charge in [0.2, 0.25) is 5.16 Å². The van der Waals surface area contributed by atoms with Gasteiger partial charge in [0.25, 0.3) is 0 Å². The maximum Gasteiger partial charge on any atom is 0.202 e. The predicted molar refractivity (Wildman–Crippen MR) is 109 cm³/mol. The van der Waals surface area contributed by atoms with E-state index in [-0.39, 0.29) is 5.69 Å². The number of aromatic nitrogens is 5. The minimum Gasteiger partial charge on any atom is -0.494 e. The number of ether oxygens (including phenoxy) is 1. The molecule has 29 heavy (non-hydrogen) atoms. The quantitative estimate of drug-likeness (QED) is 0.480. The molecular formula is C21H16N6OS. The van der Waals surface area contributed by atoms with Gasteiger partial charge in [-0.1, -0.05) is 30.3 Å². The van der Waals surface area contributed by atoms with Crippen molar-refractivity contribution in [3.63, 3.8) is 0 Å². The van der Waals surface area contributed by atoms with Crippen LogP contribution in [0.2, 0.25) is 0 Å². The summed E-state index contributed by atoms with van der Waals surface area (Å²) in [5.41, 5.74) is 2.13. The van der Waals surface area contributed by atoms with Crippen LogP contribution >= 0.6 is 11.8 Å². The van der Waals surface area contributed by atoms with E-state index in [1.54, 1.807) is 12.1 Å². The van der Waals surface area contributed by atoms with Crippen LogP contribution in [0.25, 0.3) is 17.1 Å². The third kappa shape index (κ3) is 4.10. The van der Waals surface area contributed by atoms with Crippen LogP contribution in [0.1, 0.15) is 12.6 Å². The van der Waals surface area contributed by atoms with Gasteiger partial charge in [-0.2, -0.15) is 5.26 Å². The Balaban J connectivity index is 1.76. The van der Waals surface area contributed by atoms with Crippen LogP contribution in [-0.4, -0.2) is 31.6 Å². The Hall–Kier alpha value is -3.70. The normalized spacial score (nSPS) is 10.5. The lowest BCUT2D eigenvalue weighted by Gasteiger charge is -2.11. The molecule has 0 unspecified atom stereocenters. The van der Waals surface area contributed by atoms with E-state index < -0.39 is 0 Å². The number of hydrogen-bond acceptors (Lipinski definition) is 7. The van der Waals surface area contributed by atoms with Crippen LogP contribution in [0.4, 0.5) is 0 Å². The summed E-state index contributed by atoms with van der Waals surface area (Å²) in [5.74, 6) is 1.52. The van der Waals surface area contributed by atoms with Gasteiger partial charge in [0, 0.05) is 5.56 Å². The number of nitrogens with zero attached hydrogens (tertiary/aromatic N) is 6. The minimum atomic E-state index is 0.271. The maximum atomic E-state index is 8.90. The molecule has 0 spiro atoms. The van der Waals surface area contributed by atoms with Crippen LogP contribution in [-0.2, 0) is 0 Å². The lowest BCUT2D eigenvalue weighted by Crippen LogP contribution is -2.00. The molecule has 0 saturated carbocycles. The van der Waals surface area contributed by atoms with Gasteiger partial charge in [-0.25, -0.2) is 0 Å². The van der Waals surface area contributed by atoms with Crippen molar-refractivity contribution in [3.05, 3.63) is 72.4 Å². The Morgan fingerprint density at radius 2 is 1.72 bits per heavy atom. The smallest absolute Gasteiger partial charge is 0.202 e. The summed E-state index contributed by atoms with van der Waals surface area (Å²) in [6, 6.07) is 23.0. The molecule has 4 aromatic rings. The van der Waals surface area contributed by atoms with Crippen LogP contribution in [0.15, 0.2) is 76.9 Å². The number of hydrogen-bond donors (Lipinski definition) is 0. The summed E-state index contributed by atoms with van der Waals surface area (Å²) in [4.78, 5) is 0. The Bertz CT molecular complexity index is 1130. The van der Waals surface area contributed by atoms with Crippen molar-refractivity contribution in [3.8, 4) is 28.9 Å². The summed E-state index contributed by atoms with van der Waals surface area (Å²) in [6.07, 6.45) is 0. The van der Waals surface area contributed by atoms with Crippen LogP contribution in [0, 0.1) is 11.3 Å². The second kappa shape index (κ2) is 8.54. The molecule has 8 heteroatoms. The lowest BCUT2D eigenvalue weighted by atomic mass is 10.2. The van der Waals surface area contributed by atoms with E-state index in [4.69, 9.17) is 10.00 Å². The third-order valence-corrected chi connectivity index (χ3v) is 4.90. The van der Waals surface area contributed by atoms with Crippen molar-refractivity contribution < 1.29 is 4.74 Å². The van der Waals surface area contributed by atoms with Gasteiger partial charge in [0.15, 0.2) is 11.5 Å². The molecule has 2 aromatic carbocycles. The standard InChI is InChI=1S/C21H16N6OS/c1-2-28-18-11-9-17(10-12-18)27-20(15-6-4-3-5-7-15)25-26-21(27)29-19-13-8-16(14-22)23-24-19/h3-13H,2H2,1H3. The number of nitriles is 1. The molecular weight excluding hydrogens is 384 g/mol. The first-order chi connectivity index (χ1) is 14.3. The van der Waals surface area contributed by atoms with Gasteiger partial charge in [-0.3, -0.25) is 4.57 Å². The molecule has 2 aromatic heterocycles. The van der Waals surface area contributed by atoms with Crippen LogP contribution < -0.4 is 4.74 Å². The zero-order valence-electron chi connectivity index (χ0n) is 15.6. The largest absolute Gasteiger partial charge is 0.494 e.